The summed E-state index contributed by atoms with van der Waals surface area (Å²) >= 11 is 0. The van der Waals surface area contributed by atoms with E-state index < -0.39 is 41.2 Å². The number of alkyl halides is 3. The van der Waals surface area contributed by atoms with E-state index in [1.807, 2.05) is 13.8 Å². The normalized spacial score (nSPS) is 16.9. The topological polar surface area (TPSA) is 46.6 Å². The molecule has 0 radical (unpaired) electrons. The average Bonchev–Trinajstić information content (AvgIpc) is 2.75. The fraction of sp³-hybridized carbons (Fsp3) is 0.360. The molecule has 1 amide bonds. The van der Waals surface area contributed by atoms with E-state index in [0.29, 0.717) is 11.6 Å². The van der Waals surface area contributed by atoms with E-state index in [1.54, 1.807) is 0 Å². The predicted molar refractivity (Wildman–Crippen MR) is 114 cm³/mol. The van der Waals surface area contributed by atoms with Crippen LogP contribution < -0.4 is 0 Å². The van der Waals surface area contributed by atoms with Crippen molar-refractivity contribution < 1.29 is 36.3 Å². The van der Waals surface area contributed by atoms with Crippen molar-refractivity contribution in [2.24, 2.45) is 5.92 Å². The molecule has 2 aromatic carbocycles. The van der Waals surface area contributed by atoms with E-state index >= 15 is 0 Å². The number of hydrogen-bond donors (Lipinski definition) is 0. The molecule has 34 heavy (non-hydrogen) atoms. The van der Waals surface area contributed by atoms with Gasteiger partial charge in [0.05, 0.1) is 24.3 Å². The zero-order valence-electron chi connectivity index (χ0n) is 18.9. The summed E-state index contributed by atoms with van der Waals surface area (Å²) in [4.78, 5) is 27.2. The van der Waals surface area contributed by atoms with E-state index in [1.165, 1.54) is 30.0 Å². The number of nitrogens with zero attached hydrogens (tertiary/aromatic N) is 1. The molecule has 2 aromatic rings. The molecule has 1 aliphatic rings. The summed E-state index contributed by atoms with van der Waals surface area (Å²) in [6.07, 6.45) is -4.75. The number of allylic oxidation sites excluding steroid dienone is 1. The first-order chi connectivity index (χ1) is 15.9. The number of carbonyl (C=O) groups is 2. The van der Waals surface area contributed by atoms with Gasteiger partial charge in [-0.15, -0.1) is 0 Å². The highest BCUT2D eigenvalue weighted by molar-refractivity contribution is 5.95. The number of esters is 1. The Balaban J connectivity index is 2.02. The van der Waals surface area contributed by atoms with E-state index in [9.17, 15) is 31.5 Å². The Morgan fingerprint density at radius 3 is 2.32 bits per heavy atom. The van der Waals surface area contributed by atoms with Crippen LogP contribution in [0.25, 0.3) is 0 Å². The molecule has 1 heterocycles. The van der Waals surface area contributed by atoms with Crippen molar-refractivity contribution in [3.8, 4) is 0 Å². The van der Waals surface area contributed by atoms with Gasteiger partial charge in [0, 0.05) is 29.7 Å². The number of ether oxygens (including phenoxy) is 1. The zero-order valence-corrected chi connectivity index (χ0v) is 18.9. The molecular formula is C25H24F5NO3. The Morgan fingerprint density at radius 1 is 1.12 bits per heavy atom. The van der Waals surface area contributed by atoms with Crippen LogP contribution in [-0.4, -0.2) is 23.4 Å². The van der Waals surface area contributed by atoms with E-state index in [-0.39, 0.29) is 42.3 Å². The monoisotopic (exact) mass is 481 g/mol. The first-order valence-corrected chi connectivity index (χ1v) is 10.7. The van der Waals surface area contributed by atoms with Crippen molar-refractivity contribution in [3.05, 3.63) is 82.1 Å². The third kappa shape index (κ3) is 5.63. The Morgan fingerprint density at radius 2 is 1.76 bits per heavy atom. The average molecular weight is 481 g/mol. The maximum atomic E-state index is 14.2. The lowest BCUT2D eigenvalue weighted by atomic mass is 9.83. The number of halogens is 5. The van der Waals surface area contributed by atoms with E-state index in [0.717, 1.165) is 18.2 Å². The Hall–Kier alpha value is -3.23. The van der Waals surface area contributed by atoms with Gasteiger partial charge in [0.2, 0.25) is 5.91 Å². The highest BCUT2D eigenvalue weighted by Crippen LogP contribution is 2.39. The largest absolute Gasteiger partial charge is 0.462 e. The van der Waals surface area contributed by atoms with Gasteiger partial charge >= 0.3 is 12.1 Å². The van der Waals surface area contributed by atoms with Crippen molar-refractivity contribution in [1.29, 1.82) is 0 Å². The summed E-state index contributed by atoms with van der Waals surface area (Å²) in [5, 5.41) is 0. The summed E-state index contributed by atoms with van der Waals surface area (Å²) in [6, 6.07) is 7.24. The van der Waals surface area contributed by atoms with Crippen LogP contribution >= 0.6 is 0 Å². The molecule has 1 aliphatic heterocycles. The molecule has 0 bridgehead atoms. The highest BCUT2D eigenvalue weighted by Gasteiger charge is 2.38. The van der Waals surface area contributed by atoms with Gasteiger partial charge in [-0.05, 0) is 36.6 Å². The van der Waals surface area contributed by atoms with E-state index in [2.05, 4.69) is 0 Å². The standard InChI is InChI=1S/C25H24F5NO3/c1-14(2)13-34-24(33)23-15(3)31(12-17-6-9-19(26)10-21(17)27)22(32)11-20(23)16-4-7-18(8-5-16)25(28,29)30/h4-10,14,20H,11-13H2,1-3H3. The molecule has 0 fully saturated rings. The summed E-state index contributed by atoms with van der Waals surface area (Å²) in [6.45, 7) is 5.06. The third-order valence-corrected chi connectivity index (χ3v) is 5.57. The zero-order chi connectivity index (χ0) is 25.2. The van der Waals surface area contributed by atoms with Crippen LogP contribution in [0.15, 0.2) is 53.7 Å². The molecule has 9 heteroatoms. The van der Waals surface area contributed by atoms with Crippen LogP contribution in [0.4, 0.5) is 22.0 Å². The van der Waals surface area contributed by atoms with Crippen LogP contribution in [0.5, 0.6) is 0 Å². The molecule has 4 nitrogen and oxygen atoms in total. The quantitative estimate of drug-likeness (QED) is 0.377. The summed E-state index contributed by atoms with van der Waals surface area (Å²) in [7, 11) is 0. The molecule has 0 aromatic heterocycles. The van der Waals surface area contributed by atoms with Crippen molar-refractivity contribution >= 4 is 11.9 Å². The van der Waals surface area contributed by atoms with Crippen molar-refractivity contribution in [1.82, 2.24) is 4.90 Å². The van der Waals surface area contributed by atoms with Crippen LogP contribution in [0.2, 0.25) is 0 Å². The maximum Gasteiger partial charge on any atom is 0.416 e. The first-order valence-electron chi connectivity index (χ1n) is 10.7. The molecule has 0 N–H and O–H groups in total. The number of rotatable bonds is 6. The lowest BCUT2D eigenvalue weighted by molar-refractivity contribution is -0.141. The fourth-order valence-electron chi connectivity index (χ4n) is 3.80. The molecule has 0 saturated carbocycles. The molecule has 1 atom stereocenters. The summed E-state index contributed by atoms with van der Waals surface area (Å²) in [5.74, 6) is -3.55. The minimum atomic E-state index is -4.53. The minimum absolute atomic E-state index is 0.0315. The molecule has 0 saturated heterocycles. The predicted octanol–water partition coefficient (Wildman–Crippen LogP) is 5.97. The lowest BCUT2D eigenvalue weighted by Crippen LogP contribution is -2.38. The molecule has 3 rings (SSSR count). The van der Waals surface area contributed by atoms with Gasteiger partial charge in [0.25, 0.3) is 0 Å². The number of benzene rings is 2. The van der Waals surface area contributed by atoms with Gasteiger partial charge in [0.1, 0.15) is 11.6 Å². The molecule has 182 valence electrons. The second kappa shape index (κ2) is 9.95. The van der Waals surface area contributed by atoms with Crippen LogP contribution in [0.1, 0.15) is 49.8 Å². The van der Waals surface area contributed by atoms with Crippen LogP contribution in [0, 0.1) is 17.6 Å². The number of hydrogen-bond acceptors (Lipinski definition) is 3. The van der Waals surface area contributed by atoms with Gasteiger partial charge in [-0.2, -0.15) is 13.2 Å². The van der Waals surface area contributed by atoms with Crippen molar-refractivity contribution in [3.63, 3.8) is 0 Å². The van der Waals surface area contributed by atoms with Crippen LogP contribution in [0.3, 0.4) is 0 Å². The molecule has 0 aliphatic carbocycles. The van der Waals surface area contributed by atoms with Gasteiger partial charge in [-0.25, -0.2) is 13.6 Å². The number of carbonyl (C=O) groups excluding carboxylic acids is 2. The van der Waals surface area contributed by atoms with Crippen LogP contribution in [-0.2, 0) is 27.0 Å². The highest BCUT2D eigenvalue weighted by atomic mass is 19.4. The fourth-order valence-corrected chi connectivity index (χ4v) is 3.80. The minimum Gasteiger partial charge on any atom is -0.462 e. The van der Waals surface area contributed by atoms with Crippen molar-refractivity contribution in [2.75, 3.05) is 6.61 Å². The smallest absolute Gasteiger partial charge is 0.416 e. The molecule has 0 spiro atoms. The molecule has 1 unspecified atom stereocenters. The molecular weight excluding hydrogens is 457 g/mol. The second-order valence-electron chi connectivity index (χ2n) is 8.58. The SMILES string of the molecule is CC1=C(C(=O)OCC(C)C)C(c2ccc(C(F)(F)F)cc2)CC(=O)N1Cc1ccc(F)cc1F. The Kier molecular flexibility index (Phi) is 7.43. The third-order valence-electron chi connectivity index (χ3n) is 5.57. The maximum absolute atomic E-state index is 14.2. The van der Waals surface area contributed by atoms with Gasteiger partial charge in [-0.3, -0.25) is 4.79 Å². The summed E-state index contributed by atoms with van der Waals surface area (Å²) in [5.41, 5.74) is -0.126. The van der Waals surface area contributed by atoms with E-state index in [4.69, 9.17) is 4.74 Å². The Labute approximate surface area is 194 Å². The van der Waals surface area contributed by atoms with Gasteiger partial charge in [0.15, 0.2) is 0 Å². The number of amides is 1. The summed E-state index contributed by atoms with van der Waals surface area (Å²) < 4.78 is 71.8. The first kappa shape index (κ1) is 25.4. The van der Waals surface area contributed by atoms with Gasteiger partial charge in [-0.1, -0.05) is 32.0 Å². The Bertz CT molecular complexity index is 1110. The second-order valence-corrected chi connectivity index (χ2v) is 8.58. The van der Waals surface area contributed by atoms with Gasteiger partial charge < -0.3 is 9.64 Å². The lowest BCUT2D eigenvalue weighted by Gasteiger charge is -2.34. The van der Waals surface area contributed by atoms with Crippen molar-refractivity contribution in [2.45, 2.75) is 45.8 Å².